The van der Waals surface area contributed by atoms with Crippen LogP contribution < -0.4 is 0 Å². The Kier molecular flexibility index (Phi) is 2.46. The van der Waals surface area contributed by atoms with Gasteiger partial charge in [-0.2, -0.15) is 0 Å². The largest absolute Gasteiger partial charge is 0.369 e. The first kappa shape index (κ1) is 10.5. The van der Waals surface area contributed by atoms with Crippen LogP contribution in [0.25, 0.3) is 6.08 Å². The van der Waals surface area contributed by atoms with Crippen LogP contribution in [-0.2, 0) is 4.79 Å². The maximum Gasteiger partial charge on any atom is 0.182 e. The molecule has 0 aliphatic carbocycles. The van der Waals surface area contributed by atoms with E-state index >= 15 is 0 Å². The summed E-state index contributed by atoms with van der Waals surface area (Å²) in [6, 6.07) is 6.58. The Morgan fingerprint density at radius 1 is 1.24 bits per heavy atom. The molecule has 0 N–H and O–H groups in total. The smallest absolute Gasteiger partial charge is 0.182 e. The lowest BCUT2D eigenvalue weighted by atomic mass is 9.84. The Hall–Kier alpha value is -1.64. The maximum atomic E-state index is 13.5. The molecule has 2 bridgehead atoms. The van der Waals surface area contributed by atoms with Crippen LogP contribution in [0.3, 0.4) is 0 Å². The number of nitrogens with zero attached hydrogens (tertiary/aromatic N) is 1. The predicted octanol–water partition coefficient (Wildman–Crippen LogP) is 2.46. The number of Topliss-reactive ketones (excluding diaryl/α,β-unsaturated/α-hetero) is 1. The zero-order valence-electron chi connectivity index (χ0n) is 9.53. The Labute approximate surface area is 99.7 Å². The third-order valence-electron chi connectivity index (χ3n) is 3.66. The van der Waals surface area contributed by atoms with E-state index in [1.54, 1.807) is 24.3 Å². The molecule has 3 saturated heterocycles. The summed E-state index contributed by atoms with van der Waals surface area (Å²) in [5.74, 6) is 0.0826. The van der Waals surface area contributed by atoms with Gasteiger partial charge in [0, 0.05) is 24.6 Å². The number of carbonyl (C=O) groups is 1. The number of carbonyl (C=O) groups excluding carboxylic acids is 1. The monoisotopic (exact) mass is 231 g/mol. The van der Waals surface area contributed by atoms with Crippen LogP contribution in [0, 0.1) is 11.7 Å². The lowest BCUT2D eigenvalue weighted by molar-refractivity contribution is -0.125. The van der Waals surface area contributed by atoms with Gasteiger partial charge in [-0.1, -0.05) is 18.2 Å². The lowest BCUT2D eigenvalue weighted by Gasteiger charge is -2.41. The summed E-state index contributed by atoms with van der Waals surface area (Å²) in [7, 11) is 0. The van der Waals surface area contributed by atoms with Gasteiger partial charge in [-0.05, 0) is 25.0 Å². The summed E-state index contributed by atoms with van der Waals surface area (Å²) in [4.78, 5) is 14.1. The molecular formula is C14H14FNO. The van der Waals surface area contributed by atoms with Crippen LogP contribution in [-0.4, -0.2) is 23.8 Å². The van der Waals surface area contributed by atoms with Gasteiger partial charge >= 0.3 is 0 Å². The Morgan fingerprint density at radius 2 is 1.94 bits per heavy atom. The normalized spacial score (nSPS) is 22.5. The highest BCUT2D eigenvalue weighted by molar-refractivity contribution is 6.01. The summed E-state index contributed by atoms with van der Waals surface area (Å²) in [6.45, 7) is 1.85. The fourth-order valence-electron chi connectivity index (χ4n) is 2.65. The van der Waals surface area contributed by atoms with E-state index in [1.165, 1.54) is 6.07 Å². The number of hydrogen-bond acceptors (Lipinski definition) is 2. The zero-order chi connectivity index (χ0) is 11.8. The zero-order valence-corrected chi connectivity index (χ0v) is 9.53. The van der Waals surface area contributed by atoms with Gasteiger partial charge in [0.15, 0.2) is 5.78 Å². The van der Waals surface area contributed by atoms with Gasteiger partial charge in [-0.15, -0.1) is 0 Å². The van der Waals surface area contributed by atoms with E-state index in [0.717, 1.165) is 25.9 Å². The van der Waals surface area contributed by atoms with Gasteiger partial charge in [-0.25, -0.2) is 4.39 Å². The van der Waals surface area contributed by atoms with Crippen LogP contribution in [0.4, 0.5) is 4.39 Å². The van der Waals surface area contributed by atoms with E-state index in [2.05, 4.69) is 4.90 Å². The van der Waals surface area contributed by atoms with Crippen molar-refractivity contribution in [3.8, 4) is 0 Å². The molecule has 17 heavy (non-hydrogen) atoms. The van der Waals surface area contributed by atoms with Gasteiger partial charge in [0.25, 0.3) is 0 Å². The number of halogens is 1. The molecule has 0 spiro atoms. The van der Waals surface area contributed by atoms with Crippen molar-refractivity contribution in [1.82, 2.24) is 4.90 Å². The molecule has 0 radical (unpaired) electrons. The van der Waals surface area contributed by atoms with Gasteiger partial charge in [0.1, 0.15) is 5.82 Å². The molecule has 3 aliphatic heterocycles. The summed E-state index contributed by atoms with van der Waals surface area (Å²) in [5, 5.41) is 0. The summed E-state index contributed by atoms with van der Waals surface area (Å²) < 4.78 is 13.5. The number of benzene rings is 1. The van der Waals surface area contributed by atoms with Crippen molar-refractivity contribution < 1.29 is 9.18 Å². The molecule has 88 valence electrons. The molecule has 1 aromatic carbocycles. The second-order valence-electron chi connectivity index (χ2n) is 4.68. The summed E-state index contributed by atoms with van der Waals surface area (Å²) in [5.41, 5.74) is 1.20. The highest BCUT2D eigenvalue weighted by atomic mass is 19.1. The molecule has 0 saturated carbocycles. The highest BCUT2D eigenvalue weighted by Gasteiger charge is 2.36. The van der Waals surface area contributed by atoms with E-state index in [0.29, 0.717) is 11.3 Å². The minimum Gasteiger partial charge on any atom is -0.369 e. The van der Waals surface area contributed by atoms with Crippen molar-refractivity contribution in [3.05, 3.63) is 41.3 Å². The number of rotatable bonds is 1. The van der Waals surface area contributed by atoms with Gasteiger partial charge < -0.3 is 4.90 Å². The topological polar surface area (TPSA) is 20.3 Å². The molecule has 1 aromatic rings. The number of ketones is 1. The van der Waals surface area contributed by atoms with E-state index < -0.39 is 0 Å². The van der Waals surface area contributed by atoms with E-state index in [4.69, 9.17) is 0 Å². The minimum absolute atomic E-state index is 0.165. The Bertz CT molecular complexity index is 487. The number of fused-ring (bicyclic) bond motifs is 3. The van der Waals surface area contributed by atoms with Crippen molar-refractivity contribution in [2.24, 2.45) is 5.92 Å². The minimum atomic E-state index is -0.268. The average molecular weight is 231 g/mol. The van der Waals surface area contributed by atoms with Crippen LogP contribution in [0.5, 0.6) is 0 Å². The first-order chi connectivity index (χ1) is 8.25. The average Bonchev–Trinajstić information content (AvgIpc) is 2.36. The predicted molar refractivity (Wildman–Crippen MR) is 63.7 cm³/mol. The number of piperidine rings is 3. The van der Waals surface area contributed by atoms with Crippen LogP contribution >= 0.6 is 0 Å². The van der Waals surface area contributed by atoms with Crippen molar-refractivity contribution in [2.75, 3.05) is 13.1 Å². The maximum absolute atomic E-state index is 13.5. The highest BCUT2D eigenvalue weighted by Crippen LogP contribution is 2.32. The van der Waals surface area contributed by atoms with Gasteiger partial charge in [-0.3, -0.25) is 4.79 Å². The molecular weight excluding hydrogens is 217 g/mol. The molecule has 0 atom stereocenters. The van der Waals surface area contributed by atoms with E-state index in [9.17, 15) is 9.18 Å². The first-order valence-electron chi connectivity index (χ1n) is 6.01. The molecule has 4 rings (SSSR count). The molecule has 0 aromatic heterocycles. The lowest BCUT2D eigenvalue weighted by Crippen LogP contribution is -2.45. The van der Waals surface area contributed by atoms with E-state index in [-0.39, 0.29) is 17.5 Å². The molecule has 0 amide bonds. The molecule has 3 fully saturated rings. The van der Waals surface area contributed by atoms with Crippen molar-refractivity contribution >= 4 is 11.9 Å². The second kappa shape index (κ2) is 3.99. The van der Waals surface area contributed by atoms with Crippen molar-refractivity contribution in [3.63, 3.8) is 0 Å². The molecule has 3 heterocycles. The van der Waals surface area contributed by atoms with Crippen LogP contribution in [0.2, 0.25) is 0 Å². The van der Waals surface area contributed by atoms with Gasteiger partial charge in [0.2, 0.25) is 0 Å². The summed E-state index contributed by atoms with van der Waals surface area (Å²) >= 11 is 0. The van der Waals surface area contributed by atoms with Crippen LogP contribution in [0.15, 0.2) is 30.0 Å². The van der Waals surface area contributed by atoms with Crippen LogP contribution in [0.1, 0.15) is 18.4 Å². The third kappa shape index (κ3) is 1.75. The standard InChI is InChI=1S/C14H14FNO/c15-12-4-2-1-3-11(12)9-13-14(17)10-5-7-16(13)8-6-10/h1-4,9-10H,5-8H2/b13-9-. The second-order valence-corrected chi connectivity index (χ2v) is 4.68. The molecule has 2 nitrogen and oxygen atoms in total. The fraction of sp³-hybridized carbons (Fsp3) is 0.357. The quantitative estimate of drug-likeness (QED) is 0.692. The third-order valence-corrected chi connectivity index (χ3v) is 3.66. The SMILES string of the molecule is O=C1/C(=C/c2ccccc2F)N2CCC1CC2. The van der Waals surface area contributed by atoms with Gasteiger partial charge in [0.05, 0.1) is 5.70 Å². The molecule has 0 unspecified atom stereocenters. The molecule has 3 heteroatoms. The fourth-order valence-corrected chi connectivity index (χ4v) is 2.65. The summed E-state index contributed by atoms with van der Waals surface area (Å²) in [6.07, 6.45) is 3.60. The van der Waals surface area contributed by atoms with Crippen molar-refractivity contribution in [1.29, 1.82) is 0 Å². The number of allylic oxidation sites excluding steroid dienone is 1. The van der Waals surface area contributed by atoms with E-state index in [1.807, 2.05) is 0 Å². The number of hydrogen-bond donors (Lipinski definition) is 0. The molecule has 3 aliphatic rings. The Morgan fingerprint density at radius 3 is 2.59 bits per heavy atom. The van der Waals surface area contributed by atoms with Crippen molar-refractivity contribution in [2.45, 2.75) is 12.8 Å². The first-order valence-corrected chi connectivity index (χ1v) is 6.01. The Balaban J connectivity index is 1.99.